The van der Waals surface area contributed by atoms with Crippen molar-refractivity contribution in [2.45, 2.75) is 18.6 Å². The van der Waals surface area contributed by atoms with Crippen LogP contribution in [0, 0.1) is 10.1 Å². The van der Waals surface area contributed by atoms with E-state index in [-0.39, 0.29) is 15.5 Å². The summed E-state index contributed by atoms with van der Waals surface area (Å²) in [5.41, 5.74) is 0.318. The average molecular weight is 369 g/mol. The zero-order valence-corrected chi connectivity index (χ0v) is 15.0. The predicted octanol–water partition coefficient (Wildman–Crippen LogP) is 3.35. The van der Waals surface area contributed by atoms with Crippen molar-refractivity contribution >= 4 is 34.7 Å². The zero-order valence-electron chi connectivity index (χ0n) is 13.4. The molecular formula is C15H17ClN4O3S. The van der Waals surface area contributed by atoms with Crippen LogP contribution in [0.15, 0.2) is 35.3 Å². The van der Waals surface area contributed by atoms with Gasteiger partial charge in [-0.05, 0) is 32.2 Å². The van der Waals surface area contributed by atoms with Gasteiger partial charge >= 0.3 is 0 Å². The van der Waals surface area contributed by atoms with E-state index in [0.717, 1.165) is 4.68 Å². The van der Waals surface area contributed by atoms with Gasteiger partial charge in [-0.2, -0.15) is 21.5 Å². The topological polar surface area (TPSA) is 90.1 Å². The lowest BCUT2D eigenvalue weighted by Crippen LogP contribution is -2.28. The van der Waals surface area contributed by atoms with Crippen LogP contribution in [-0.4, -0.2) is 32.3 Å². The van der Waals surface area contributed by atoms with Crippen molar-refractivity contribution in [2.24, 2.45) is 0 Å². The number of nitro groups is 1. The normalized spacial score (nSPS) is 11.3. The molecule has 0 bridgehead atoms. The molecule has 1 N–H and O–H groups in total. The first-order valence-corrected chi connectivity index (χ1v) is 8.67. The Kier molecular flexibility index (Phi) is 5.51. The molecule has 24 heavy (non-hydrogen) atoms. The maximum Gasteiger partial charge on any atom is 0.292 e. The first-order valence-electron chi connectivity index (χ1n) is 7.07. The maximum atomic E-state index is 12.4. The lowest BCUT2D eigenvalue weighted by Gasteiger charge is -2.23. The number of non-ortho nitro benzene ring substituents is 1. The van der Waals surface area contributed by atoms with Crippen molar-refractivity contribution in [3.63, 3.8) is 0 Å². The molecule has 0 saturated carbocycles. The van der Waals surface area contributed by atoms with E-state index in [9.17, 15) is 14.9 Å². The van der Waals surface area contributed by atoms with Gasteiger partial charge in [0.25, 0.3) is 11.2 Å². The summed E-state index contributed by atoms with van der Waals surface area (Å²) in [6.45, 7) is 4.77. The molecule has 0 saturated heterocycles. The van der Waals surface area contributed by atoms with E-state index in [0.29, 0.717) is 17.9 Å². The third-order valence-electron chi connectivity index (χ3n) is 3.48. The highest BCUT2D eigenvalue weighted by atomic mass is 35.5. The molecule has 0 radical (unpaired) electrons. The Labute approximate surface area is 148 Å². The molecule has 9 heteroatoms. The van der Waals surface area contributed by atoms with E-state index in [1.807, 2.05) is 6.26 Å². The second-order valence-electron chi connectivity index (χ2n) is 5.68. The molecule has 1 aromatic carbocycles. The second-order valence-corrected chi connectivity index (χ2v) is 7.57. The fraction of sp³-hybridized carbons (Fsp3) is 0.333. The van der Waals surface area contributed by atoms with Crippen molar-refractivity contribution in [3.05, 3.63) is 56.0 Å². The molecule has 0 aliphatic carbocycles. The summed E-state index contributed by atoms with van der Waals surface area (Å²) < 4.78 is 1.09. The summed E-state index contributed by atoms with van der Waals surface area (Å²) in [4.78, 5) is 22.6. The predicted molar refractivity (Wildman–Crippen MR) is 97.6 cm³/mol. The molecule has 0 amide bonds. The summed E-state index contributed by atoms with van der Waals surface area (Å²) in [6.07, 6.45) is 3.48. The van der Waals surface area contributed by atoms with Crippen LogP contribution in [0.5, 0.6) is 0 Å². The number of rotatable bonds is 6. The van der Waals surface area contributed by atoms with Gasteiger partial charge in [-0.15, -0.1) is 0 Å². The lowest BCUT2D eigenvalue weighted by atomic mass is 10.2. The molecular weight excluding hydrogens is 352 g/mol. The van der Waals surface area contributed by atoms with Gasteiger partial charge in [-0.3, -0.25) is 14.9 Å². The Hall–Kier alpha value is -2.06. The van der Waals surface area contributed by atoms with Gasteiger partial charge in [0.2, 0.25) is 0 Å². The average Bonchev–Trinajstić information content (AvgIpc) is 2.56. The molecule has 0 aliphatic rings. The fourth-order valence-electron chi connectivity index (χ4n) is 1.84. The Morgan fingerprint density at radius 3 is 2.54 bits per heavy atom. The zero-order chi connectivity index (χ0) is 17.9. The van der Waals surface area contributed by atoms with E-state index in [4.69, 9.17) is 11.6 Å². The number of nitro benzene ring substituents is 1. The van der Waals surface area contributed by atoms with E-state index in [2.05, 4.69) is 24.3 Å². The first kappa shape index (κ1) is 18.3. The van der Waals surface area contributed by atoms with Crippen molar-refractivity contribution in [2.75, 3.05) is 18.1 Å². The molecule has 1 heterocycles. The van der Waals surface area contributed by atoms with Gasteiger partial charge < -0.3 is 5.32 Å². The van der Waals surface area contributed by atoms with Crippen LogP contribution in [0.25, 0.3) is 5.69 Å². The minimum absolute atomic E-state index is 0.0173. The van der Waals surface area contributed by atoms with Crippen molar-refractivity contribution in [1.82, 2.24) is 9.78 Å². The van der Waals surface area contributed by atoms with E-state index in [1.165, 1.54) is 30.5 Å². The smallest absolute Gasteiger partial charge is 0.292 e. The van der Waals surface area contributed by atoms with E-state index >= 15 is 0 Å². The second kappa shape index (κ2) is 7.23. The van der Waals surface area contributed by atoms with Crippen LogP contribution < -0.4 is 10.9 Å². The molecule has 0 spiro atoms. The summed E-state index contributed by atoms with van der Waals surface area (Å²) >= 11 is 7.85. The van der Waals surface area contributed by atoms with Gasteiger partial charge in [0, 0.05) is 23.4 Å². The SMILES string of the molecule is CSC(C)(C)CNc1cnn(-c2ccc([N+](=O)[O-])cc2)c(=O)c1Cl. The van der Waals surface area contributed by atoms with Crippen molar-refractivity contribution in [1.29, 1.82) is 0 Å². The third kappa shape index (κ3) is 4.07. The van der Waals surface area contributed by atoms with Gasteiger partial charge in [0.1, 0.15) is 5.02 Å². The monoisotopic (exact) mass is 368 g/mol. The number of anilines is 1. The Balaban J connectivity index is 2.30. The van der Waals surface area contributed by atoms with Crippen LogP contribution in [0.4, 0.5) is 11.4 Å². The van der Waals surface area contributed by atoms with Crippen LogP contribution in [-0.2, 0) is 0 Å². The van der Waals surface area contributed by atoms with Gasteiger partial charge in [0.15, 0.2) is 0 Å². The number of halogens is 1. The standard InChI is InChI=1S/C15H17ClN4O3S/c1-15(2,24-3)9-17-12-8-18-19(14(21)13(12)16)10-4-6-11(7-5-10)20(22)23/h4-8,17H,9H2,1-3H3. The lowest BCUT2D eigenvalue weighted by molar-refractivity contribution is -0.384. The number of hydrogen-bond donors (Lipinski definition) is 1. The summed E-state index contributed by atoms with van der Waals surface area (Å²) in [7, 11) is 0. The highest BCUT2D eigenvalue weighted by Crippen LogP contribution is 2.24. The minimum atomic E-state index is -0.506. The van der Waals surface area contributed by atoms with E-state index in [1.54, 1.807) is 11.8 Å². The molecule has 0 aliphatic heterocycles. The van der Waals surface area contributed by atoms with Gasteiger partial charge in [-0.25, -0.2) is 0 Å². The van der Waals surface area contributed by atoms with Gasteiger partial charge in [-0.1, -0.05) is 11.6 Å². The van der Waals surface area contributed by atoms with Crippen LogP contribution in [0.3, 0.4) is 0 Å². The summed E-state index contributed by atoms with van der Waals surface area (Å²) in [6, 6.07) is 5.52. The minimum Gasteiger partial charge on any atom is -0.381 e. The number of aromatic nitrogens is 2. The highest BCUT2D eigenvalue weighted by Gasteiger charge is 2.18. The summed E-state index contributed by atoms with van der Waals surface area (Å²) in [5.74, 6) is 0. The maximum absolute atomic E-state index is 12.4. The molecule has 0 unspecified atom stereocenters. The number of benzene rings is 1. The van der Waals surface area contributed by atoms with Crippen LogP contribution in [0.2, 0.25) is 5.02 Å². The quantitative estimate of drug-likeness (QED) is 0.621. The molecule has 2 rings (SSSR count). The Bertz CT molecular complexity index is 805. The molecule has 2 aromatic rings. The molecule has 0 fully saturated rings. The largest absolute Gasteiger partial charge is 0.381 e. The Morgan fingerprint density at radius 1 is 1.38 bits per heavy atom. The van der Waals surface area contributed by atoms with Crippen molar-refractivity contribution in [3.8, 4) is 5.69 Å². The van der Waals surface area contributed by atoms with Gasteiger partial charge in [0.05, 0.1) is 22.5 Å². The van der Waals surface area contributed by atoms with Crippen LogP contribution >= 0.6 is 23.4 Å². The number of nitrogens with one attached hydrogen (secondary N) is 1. The molecule has 128 valence electrons. The molecule has 7 nitrogen and oxygen atoms in total. The van der Waals surface area contributed by atoms with E-state index < -0.39 is 10.5 Å². The van der Waals surface area contributed by atoms with Crippen molar-refractivity contribution < 1.29 is 4.92 Å². The number of hydrogen-bond acceptors (Lipinski definition) is 6. The molecule has 0 atom stereocenters. The highest BCUT2D eigenvalue weighted by molar-refractivity contribution is 7.99. The first-order chi connectivity index (χ1) is 11.2. The van der Waals surface area contributed by atoms with Crippen LogP contribution in [0.1, 0.15) is 13.8 Å². The third-order valence-corrected chi connectivity index (χ3v) is 5.10. The summed E-state index contributed by atoms with van der Waals surface area (Å²) in [5, 5.41) is 17.9. The number of nitrogens with zero attached hydrogens (tertiary/aromatic N) is 3. The Morgan fingerprint density at radius 2 is 2.00 bits per heavy atom. The molecule has 1 aromatic heterocycles. The fourth-order valence-corrected chi connectivity index (χ4v) is 2.25. The number of thioether (sulfide) groups is 1.